The highest BCUT2D eigenvalue weighted by Crippen LogP contribution is 2.48. The summed E-state index contributed by atoms with van der Waals surface area (Å²) < 4.78 is 0. The molecule has 0 aliphatic carbocycles. The number of hydrogen-bond donors (Lipinski definition) is 1. The number of benzene rings is 9. The summed E-state index contributed by atoms with van der Waals surface area (Å²) in [5.74, 6) is 0. The fourth-order valence-electron chi connectivity index (χ4n) is 7.90. The smallest absolute Gasteiger partial charge is 0.0618 e. The van der Waals surface area contributed by atoms with Crippen LogP contribution in [0.4, 0.5) is 22.7 Å². The largest absolute Gasteiger partial charge is 0.359 e. The summed E-state index contributed by atoms with van der Waals surface area (Å²) in [7, 11) is 0. The lowest BCUT2D eigenvalue weighted by Gasteiger charge is -2.30. The fraction of sp³-hybridized carbons (Fsp3) is 0.0370. The molecule has 0 atom stereocenters. The third kappa shape index (κ3) is 6.63. The van der Waals surface area contributed by atoms with Crippen LogP contribution in [0.25, 0.3) is 66.1 Å². The first-order valence-corrected chi connectivity index (χ1v) is 19.3. The molecule has 0 unspecified atom stereocenters. The minimum atomic E-state index is 1.07. The molecular formula is C54H42N2. The Balaban J connectivity index is 1.24. The van der Waals surface area contributed by atoms with Crippen molar-refractivity contribution in [2.75, 3.05) is 10.2 Å². The van der Waals surface area contributed by atoms with Crippen LogP contribution in [0.1, 0.15) is 13.8 Å². The van der Waals surface area contributed by atoms with E-state index in [4.69, 9.17) is 0 Å². The van der Waals surface area contributed by atoms with Crippen LogP contribution >= 0.6 is 0 Å². The van der Waals surface area contributed by atoms with Gasteiger partial charge in [-0.05, 0) is 100.0 Å². The second-order valence-corrected chi connectivity index (χ2v) is 14.2. The molecule has 0 aliphatic heterocycles. The maximum absolute atomic E-state index is 3.70. The zero-order chi connectivity index (χ0) is 37.8. The molecule has 0 radical (unpaired) electrons. The zero-order valence-corrected chi connectivity index (χ0v) is 31.7. The summed E-state index contributed by atoms with van der Waals surface area (Å²) in [6.45, 7) is 4.18. The summed E-state index contributed by atoms with van der Waals surface area (Å²) in [6, 6.07) is 74.5. The van der Waals surface area contributed by atoms with Crippen molar-refractivity contribution in [2.45, 2.75) is 13.8 Å². The molecule has 0 saturated carbocycles. The molecule has 0 amide bonds. The third-order valence-electron chi connectivity index (χ3n) is 10.7. The second kappa shape index (κ2) is 15.3. The van der Waals surface area contributed by atoms with Crippen molar-refractivity contribution in [1.29, 1.82) is 0 Å². The maximum Gasteiger partial charge on any atom is 0.0618 e. The molecular weight excluding hydrogens is 677 g/mol. The Labute approximate surface area is 329 Å². The summed E-state index contributed by atoms with van der Waals surface area (Å²) >= 11 is 0. The highest BCUT2D eigenvalue weighted by atomic mass is 15.1. The van der Waals surface area contributed by atoms with Crippen molar-refractivity contribution >= 4 is 44.3 Å². The van der Waals surface area contributed by atoms with Gasteiger partial charge in [0.25, 0.3) is 0 Å². The Kier molecular flexibility index (Phi) is 9.45. The van der Waals surface area contributed by atoms with Gasteiger partial charge in [-0.2, -0.15) is 0 Å². The minimum absolute atomic E-state index is 1.07. The van der Waals surface area contributed by atoms with Crippen LogP contribution < -0.4 is 10.2 Å². The van der Waals surface area contributed by atoms with Gasteiger partial charge in [-0.3, -0.25) is 0 Å². The van der Waals surface area contributed by atoms with E-state index in [2.05, 4.69) is 236 Å². The predicted molar refractivity (Wildman–Crippen MR) is 241 cm³/mol. The topological polar surface area (TPSA) is 15.3 Å². The Bertz CT molecular complexity index is 2760. The van der Waals surface area contributed by atoms with Gasteiger partial charge in [-0.1, -0.05) is 176 Å². The van der Waals surface area contributed by atoms with E-state index < -0.39 is 0 Å². The summed E-state index contributed by atoms with van der Waals surface area (Å²) in [5, 5.41) is 8.55. The summed E-state index contributed by atoms with van der Waals surface area (Å²) in [5.41, 5.74) is 15.0. The van der Waals surface area contributed by atoms with Gasteiger partial charge in [-0.25, -0.2) is 0 Å². The van der Waals surface area contributed by atoms with Gasteiger partial charge in [0.2, 0.25) is 0 Å². The van der Waals surface area contributed by atoms with Crippen LogP contribution in [0.15, 0.2) is 218 Å². The Morgan fingerprint density at radius 1 is 0.411 bits per heavy atom. The number of hydrogen-bond acceptors (Lipinski definition) is 2. The normalized spacial score (nSPS) is 11.5. The molecule has 0 aromatic heterocycles. The van der Waals surface area contributed by atoms with Crippen molar-refractivity contribution in [3.05, 3.63) is 218 Å². The molecule has 0 aliphatic rings. The van der Waals surface area contributed by atoms with E-state index in [1.54, 1.807) is 0 Å². The second-order valence-electron chi connectivity index (χ2n) is 14.2. The maximum atomic E-state index is 3.70. The molecule has 0 heterocycles. The minimum Gasteiger partial charge on any atom is -0.359 e. The standard InChI is InChI=1S/C54H42N2/c1-3-38(2)55-52-35-34-43(41-32-30-40(31-33-41)39-18-7-4-8-19-39)37-51(52)44-22-17-25-46(36-44)56(45-23-11-6-12-24-45)54-49-28-15-13-26-47(49)53(42-20-9-5-10-21-42)48-27-14-16-29-50(48)54/h3-37,55H,1-2H3/b38-3+. The van der Waals surface area contributed by atoms with Gasteiger partial charge in [0.15, 0.2) is 0 Å². The number of nitrogens with one attached hydrogen (secondary N) is 1. The molecule has 9 aromatic carbocycles. The number of nitrogens with zero attached hydrogens (tertiary/aromatic N) is 1. The first kappa shape index (κ1) is 34.6. The molecule has 2 heteroatoms. The van der Waals surface area contributed by atoms with Gasteiger partial charge in [0.1, 0.15) is 0 Å². The monoisotopic (exact) mass is 718 g/mol. The van der Waals surface area contributed by atoms with Crippen molar-refractivity contribution in [1.82, 2.24) is 0 Å². The summed E-state index contributed by atoms with van der Waals surface area (Å²) in [4.78, 5) is 2.44. The highest BCUT2D eigenvalue weighted by molar-refractivity contribution is 6.22. The van der Waals surface area contributed by atoms with E-state index in [9.17, 15) is 0 Å². The molecule has 0 bridgehead atoms. The fourth-order valence-corrected chi connectivity index (χ4v) is 7.90. The number of para-hydroxylation sites is 1. The van der Waals surface area contributed by atoms with E-state index in [0.29, 0.717) is 0 Å². The molecule has 56 heavy (non-hydrogen) atoms. The van der Waals surface area contributed by atoms with Gasteiger partial charge in [0, 0.05) is 39.1 Å². The van der Waals surface area contributed by atoms with E-state index >= 15 is 0 Å². The van der Waals surface area contributed by atoms with Crippen molar-refractivity contribution < 1.29 is 0 Å². The average Bonchev–Trinajstić information content (AvgIpc) is 3.27. The molecule has 0 fully saturated rings. The number of anilines is 4. The van der Waals surface area contributed by atoms with Crippen LogP contribution in [-0.4, -0.2) is 0 Å². The van der Waals surface area contributed by atoms with Crippen molar-refractivity contribution in [3.63, 3.8) is 0 Å². The first-order valence-electron chi connectivity index (χ1n) is 19.3. The number of rotatable bonds is 9. The van der Waals surface area contributed by atoms with Gasteiger partial charge in [0.05, 0.1) is 5.69 Å². The highest BCUT2D eigenvalue weighted by Gasteiger charge is 2.22. The van der Waals surface area contributed by atoms with E-state index in [-0.39, 0.29) is 0 Å². The van der Waals surface area contributed by atoms with Crippen LogP contribution in [0.2, 0.25) is 0 Å². The predicted octanol–water partition coefficient (Wildman–Crippen LogP) is 15.5. The quantitative estimate of drug-likeness (QED) is 0.150. The van der Waals surface area contributed by atoms with Crippen molar-refractivity contribution in [3.8, 4) is 44.5 Å². The molecule has 268 valence electrons. The molecule has 0 spiro atoms. The zero-order valence-electron chi connectivity index (χ0n) is 31.7. The van der Waals surface area contributed by atoms with E-state index in [1.807, 2.05) is 0 Å². The molecule has 1 N–H and O–H groups in total. The molecule has 9 rings (SSSR count). The molecule has 2 nitrogen and oxygen atoms in total. The van der Waals surface area contributed by atoms with Crippen LogP contribution in [0.3, 0.4) is 0 Å². The van der Waals surface area contributed by atoms with Crippen molar-refractivity contribution in [2.24, 2.45) is 0 Å². The lowest BCUT2D eigenvalue weighted by Crippen LogP contribution is -2.11. The van der Waals surface area contributed by atoms with Gasteiger partial charge in [-0.15, -0.1) is 0 Å². The Morgan fingerprint density at radius 3 is 1.48 bits per heavy atom. The van der Waals surface area contributed by atoms with Crippen LogP contribution in [-0.2, 0) is 0 Å². The molecule has 9 aromatic rings. The lowest BCUT2D eigenvalue weighted by molar-refractivity contribution is 1.31. The Morgan fingerprint density at radius 2 is 0.875 bits per heavy atom. The SMILES string of the molecule is C/C=C(\C)Nc1ccc(-c2ccc(-c3ccccc3)cc2)cc1-c1cccc(N(c2ccccc2)c2c3ccccc3c(-c3ccccc3)c3ccccc23)c1. The number of allylic oxidation sites excluding steroid dienone is 2. The van der Waals surface area contributed by atoms with Crippen LogP contribution in [0, 0.1) is 0 Å². The van der Waals surface area contributed by atoms with Crippen LogP contribution in [0.5, 0.6) is 0 Å². The average molecular weight is 719 g/mol. The third-order valence-corrected chi connectivity index (χ3v) is 10.7. The lowest BCUT2D eigenvalue weighted by atomic mass is 9.90. The molecule has 0 saturated heterocycles. The number of fused-ring (bicyclic) bond motifs is 2. The van der Waals surface area contributed by atoms with E-state index in [0.717, 1.165) is 39.6 Å². The first-order chi connectivity index (χ1) is 27.7. The summed E-state index contributed by atoms with van der Waals surface area (Å²) in [6.07, 6.45) is 2.11. The van der Waals surface area contributed by atoms with Gasteiger partial charge >= 0.3 is 0 Å². The van der Waals surface area contributed by atoms with Gasteiger partial charge < -0.3 is 10.2 Å². The van der Waals surface area contributed by atoms with E-state index in [1.165, 1.54) is 54.9 Å². The Hall–Kier alpha value is -7.16.